The van der Waals surface area contributed by atoms with E-state index in [1.54, 1.807) is 11.3 Å². The Morgan fingerprint density at radius 3 is 2.21 bits per heavy atom. The molecule has 7 aromatic carbocycles. The van der Waals surface area contributed by atoms with Gasteiger partial charge in [-0.1, -0.05) is 140 Å². The fraction of sp³-hybridized carbons (Fsp3) is 0.0417. The Morgan fingerprint density at radius 1 is 0.577 bits per heavy atom. The number of hydrogen-bond acceptors (Lipinski definition) is 4. The van der Waals surface area contributed by atoms with Crippen molar-refractivity contribution in [2.24, 2.45) is 0 Å². The molecule has 3 heterocycles. The minimum Gasteiger partial charge on any atom is -0.455 e. The van der Waals surface area contributed by atoms with Crippen molar-refractivity contribution in [3.05, 3.63) is 169 Å². The van der Waals surface area contributed by atoms with Crippen LogP contribution in [-0.4, -0.2) is 9.97 Å². The summed E-state index contributed by atoms with van der Waals surface area (Å²) in [5, 5.41) is 7.96. The van der Waals surface area contributed by atoms with E-state index in [2.05, 4.69) is 164 Å². The standard InChI is InChI=1S/C48H30N2OS/c1-2-10-29(11-3-1)35-24-25-37-40-28-41(36-14-6-7-15-38(36)46(40)51-42(37)27-35)48-49-44(47-45(50-48)39-16-8-9-17-43(39)52-47)32-21-18-31(19-22-32)34-23-20-30-12-4-5-13-33(30)26-34/h1-10,12-29H,11H2. The van der Waals surface area contributed by atoms with Crippen LogP contribution in [-0.2, 0) is 0 Å². The molecular formula is C48H30N2OS. The number of rotatable bonds is 4. The Balaban J connectivity index is 1.11. The zero-order valence-corrected chi connectivity index (χ0v) is 28.9. The highest BCUT2D eigenvalue weighted by atomic mass is 32.1. The molecule has 3 aromatic heterocycles. The summed E-state index contributed by atoms with van der Waals surface area (Å²) < 4.78 is 8.99. The normalized spacial score (nSPS) is 14.5. The van der Waals surface area contributed by atoms with Crippen LogP contribution in [0, 0.1) is 0 Å². The van der Waals surface area contributed by atoms with Crippen LogP contribution in [0.4, 0.5) is 0 Å². The first-order chi connectivity index (χ1) is 25.7. The number of nitrogens with zero attached hydrogens (tertiary/aromatic N) is 2. The Bertz CT molecular complexity index is 3110. The SMILES string of the molecule is C1=CCC(c2ccc3c(c2)oc2c4ccccc4c(-c4nc(-c5ccc(-c6ccc7ccccc7c6)cc5)c5sc6ccccc6c5n4)cc32)C=C1. The van der Waals surface area contributed by atoms with Gasteiger partial charge in [0, 0.05) is 43.3 Å². The highest BCUT2D eigenvalue weighted by Gasteiger charge is 2.21. The minimum atomic E-state index is 0.357. The van der Waals surface area contributed by atoms with Gasteiger partial charge in [0.25, 0.3) is 0 Å². The van der Waals surface area contributed by atoms with E-state index in [0.29, 0.717) is 11.7 Å². The van der Waals surface area contributed by atoms with Crippen molar-refractivity contribution in [2.45, 2.75) is 12.3 Å². The summed E-state index contributed by atoms with van der Waals surface area (Å²) in [4.78, 5) is 10.8. The first-order valence-electron chi connectivity index (χ1n) is 17.8. The second kappa shape index (κ2) is 11.6. The predicted molar refractivity (Wildman–Crippen MR) is 219 cm³/mol. The van der Waals surface area contributed by atoms with Gasteiger partial charge >= 0.3 is 0 Å². The van der Waals surface area contributed by atoms with Crippen LogP contribution < -0.4 is 0 Å². The molecule has 4 heteroatoms. The molecule has 1 aliphatic carbocycles. The van der Waals surface area contributed by atoms with E-state index in [4.69, 9.17) is 14.4 Å². The molecule has 0 amide bonds. The van der Waals surface area contributed by atoms with Crippen LogP contribution in [0.1, 0.15) is 17.9 Å². The molecule has 244 valence electrons. The molecule has 11 rings (SSSR count). The lowest BCUT2D eigenvalue weighted by Gasteiger charge is -2.13. The van der Waals surface area contributed by atoms with Crippen LogP contribution in [0.15, 0.2) is 168 Å². The van der Waals surface area contributed by atoms with Gasteiger partial charge in [-0.2, -0.15) is 0 Å². The lowest BCUT2D eigenvalue weighted by molar-refractivity contribution is 0.671. The predicted octanol–water partition coefficient (Wildman–Crippen LogP) is 13.7. The molecule has 0 saturated carbocycles. The van der Waals surface area contributed by atoms with Crippen molar-refractivity contribution < 1.29 is 4.42 Å². The number of thiophene rings is 1. The average molecular weight is 683 g/mol. The quantitative estimate of drug-likeness (QED) is 0.185. The van der Waals surface area contributed by atoms with Crippen molar-refractivity contribution in [3.63, 3.8) is 0 Å². The van der Waals surface area contributed by atoms with Gasteiger partial charge in [0.1, 0.15) is 11.2 Å². The first kappa shape index (κ1) is 29.4. The van der Waals surface area contributed by atoms with E-state index in [1.165, 1.54) is 32.2 Å². The number of aromatic nitrogens is 2. The van der Waals surface area contributed by atoms with Gasteiger partial charge in [-0.05, 0) is 63.5 Å². The van der Waals surface area contributed by atoms with Crippen LogP contribution in [0.5, 0.6) is 0 Å². The summed E-state index contributed by atoms with van der Waals surface area (Å²) in [5.74, 6) is 1.07. The van der Waals surface area contributed by atoms with Crippen molar-refractivity contribution in [3.8, 4) is 33.8 Å². The van der Waals surface area contributed by atoms with E-state index in [1.807, 2.05) is 0 Å². The molecule has 0 saturated heterocycles. The Kier molecular flexibility index (Phi) is 6.55. The lowest BCUT2D eigenvalue weighted by atomic mass is 9.92. The highest BCUT2D eigenvalue weighted by molar-refractivity contribution is 7.26. The maximum Gasteiger partial charge on any atom is 0.161 e. The smallest absolute Gasteiger partial charge is 0.161 e. The van der Waals surface area contributed by atoms with E-state index in [0.717, 1.165) is 71.6 Å². The second-order valence-electron chi connectivity index (χ2n) is 13.7. The molecular weight excluding hydrogens is 653 g/mol. The van der Waals surface area contributed by atoms with Crippen LogP contribution in [0.3, 0.4) is 0 Å². The van der Waals surface area contributed by atoms with Crippen molar-refractivity contribution >= 4 is 75.1 Å². The van der Waals surface area contributed by atoms with Crippen LogP contribution >= 0.6 is 11.3 Å². The summed E-state index contributed by atoms with van der Waals surface area (Å²) in [5.41, 5.74) is 9.47. The fourth-order valence-electron chi connectivity index (χ4n) is 7.95. The molecule has 0 spiro atoms. The van der Waals surface area contributed by atoms with Gasteiger partial charge in [-0.3, -0.25) is 0 Å². The Hall–Kier alpha value is -6.36. The van der Waals surface area contributed by atoms with E-state index < -0.39 is 0 Å². The summed E-state index contributed by atoms with van der Waals surface area (Å²) in [6, 6.07) is 50.0. The fourth-order valence-corrected chi connectivity index (χ4v) is 9.11. The van der Waals surface area contributed by atoms with Crippen LogP contribution in [0.25, 0.3) is 97.6 Å². The Morgan fingerprint density at radius 2 is 1.35 bits per heavy atom. The molecule has 0 bridgehead atoms. The third-order valence-corrected chi connectivity index (χ3v) is 11.8. The monoisotopic (exact) mass is 682 g/mol. The van der Waals surface area contributed by atoms with Gasteiger partial charge < -0.3 is 4.42 Å². The van der Waals surface area contributed by atoms with E-state index in [-0.39, 0.29) is 0 Å². The van der Waals surface area contributed by atoms with Gasteiger partial charge in [0.15, 0.2) is 5.82 Å². The minimum absolute atomic E-state index is 0.357. The number of fused-ring (bicyclic) bond motifs is 9. The summed E-state index contributed by atoms with van der Waals surface area (Å²) in [6.07, 6.45) is 9.76. The van der Waals surface area contributed by atoms with Gasteiger partial charge in [0.05, 0.1) is 15.9 Å². The van der Waals surface area contributed by atoms with E-state index in [9.17, 15) is 0 Å². The second-order valence-corrected chi connectivity index (χ2v) is 14.7. The lowest BCUT2D eigenvalue weighted by Crippen LogP contribution is -1.95. The molecule has 0 N–H and O–H groups in total. The maximum absolute atomic E-state index is 6.69. The summed E-state index contributed by atoms with van der Waals surface area (Å²) >= 11 is 1.76. The van der Waals surface area contributed by atoms with Crippen LogP contribution in [0.2, 0.25) is 0 Å². The van der Waals surface area contributed by atoms with Crippen molar-refractivity contribution in [2.75, 3.05) is 0 Å². The molecule has 1 atom stereocenters. The number of furan rings is 1. The third-order valence-electron chi connectivity index (χ3n) is 10.6. The Labute approximate surface area is 303 Å². The molecule has 52 heavy (non-hydrogen) atoms. The highest BCUT2D eigenvalue weighted by Crippen LogP contribution is 2.43. The maximum atomic E-state index is 6.69. The summed E-state index contributed by atoms with van der Waals surface area (Å²) in [7, 11) is 0. The molecule has 10 aromatic rings. The van der Waals surface area contributed by atoms with E-state index >= 15 is 0 Å². The van der Waals surface area contributed by atoms with Gasteiger partial charge in [-0.15, -0.1) is 11.3 Å². The molecule has 0 aliphatic heterocycles. The largest absolute Gasteiger partial charge is 0.455 e. The first-order valence-corrected chi connectivity index (χ1v) is 18.6. The zero-order chi connectivity index (χ0) is 34.2. The molecule has 1 unspecified atom stereocenters. The van der Waals surface area contributed by atoms with Gasteiger partial charge in [-0.25, -0.2) is 9.97 Å². The number of benzene rings is 7. The molecule has 0 radical (unpaired) electrons. The molecule has 1 aliphatic rings. The number of hydrogen-bond donors (Lipinski definition) is 0. The summed E-state index contributed by atoms with van der Waals surface area (Å²) in [6.45, 7) is 0. The number of allylic oxidation sites excluding steroid dienone is 4. The van der Waals surface area contributed by atoms with Crippen molar-refractivity contribution in [1.29, 1.82) is 0 Å². The third kappa shape index (κ3) is 4.65. The topological polar surface area (TPSA) is 38.9 Å². The molecule has 0 fully saturated rings. The zero-order valence-electron chi connectivity index (χ0n) is 28.1. The average Bonchev–Trinajstić information content (AvgIpc) is 3.78. The van der Waals surface area contributed by atoms with Gasteiger partial charge in [0.2, 0.25) is 0 Å². The molecule has 3 nitrogen and oxygen atoms in total. The van der Waals surface area contributed by atoms with Crippen molar-refractivity contribution in [1.82, 2.24) is 9.97 Å².